The van der Waals surface area contributed by atoms with Gasteiger partial charge in [0.05, 0.1) is 0 Å². The molecule has 0 aliphatic rings. The molecule has 0 aliphatic heterocycles. The van der Waals surface area contributed by atoms with Gasteiger partial charge >= 0.3 is 0 Å². The molecule has 0 radical (unpaired) electrons. The predicted octanol–water partition coefficient (Wildman–Crippen LogP) is 4.58. The van der Waals surface area contributed by atoms with Crippen LogP contribution in [0, 0.1) is 17.8 Å². The van der Waals surface area contributed by atoms with E-state index in [-0.39, 0.29) is 5.92 Å². The minimum absolute atomic E-state index is 0.160. The SMILES string of the molecule is CCC(C)C(C(=O)c1ccccc1)C(C)CC. The minimum atomic E-state index is 0.160. The van der Waals surface area contributed by atoms with E-state index in [4.69, 9.17) is 0 Å². The van der Waals surface area contributed by atoms with Crippen LogP contribution in [0.5, 0.6) is 0 Å². The normalized spacial score (nSPS) is 16.2. The Hall–Kier alpha value is -1.11. The lowest BCUT2D eigenvalue weighted by Crippen LogP contribution is -2.28. The van der Waals surface area contributed by atoms with E-state index in [0.717, 1.165) is 18.4 Å². The predicted molar refractivity (Wildman–Crippen MR) is 73.2 cm³/mol. The monoisotopic (exact) mass is 232 g/mol. The Morgan fingerprint density at radius 2 is 1.47 bits per heavy atom. The van der Waals surface area contributed by atoms with Gasteiger partial charge in [-0.1, -0.05) is 70.9 Å². The smallest absolute Gasteiger partial charge is 0.166 e. The van der Waals surface area contributed by atoms with Crippen molar-refractivity contribution in [3.8, 4) is 0 Å². The molecule has 0 saturated heterocycles. The lowest BCUT2D eigenvalue weighted by atomic mass is 9.76. The van der Waals surface area contributed by atoms with Crippen molar-refractivity contribution in [2.45, 2.75) is 40.5 Å². The Balaban J connectivity index is 2.95. The van der Waals surface area contributed by atoms with Crippen molar-refractivity contribution in [2.24, 2.45) is 17.8 Å². The second-order valence-electron chi connectivity index (χ2n) is 5.03. The number of Topliss-reactive ketones (excluding diaryl/α,β-unsaturated/α-hetero) is 1. The molecule has 0 spiro atoms. The van der Waals surface area contributed by atoms with Crippen LogP contribution in [0.25, 0.3) is 0 Å². The van der Waals surface area contributed by atoms with Gasteiger partial charge in [-0.2, -0.15) is 0 Å². The van der Waals surface area contributed by atoms with Gasteiger partial charge in [0.1, 0.15) is 0 Å². The fourth-order valence-electron chi connectivity index (χ4n) is 2.38. The quantitative estimate of drug-likeness (QED) is 0.656. The zero-order chi connectivity index (χ0) is 12.8. The van der Waals surface area contributed by atoms with Crippen molar-refractivity contribution in [3.05, 3.63) is 35.9 Å². The van der Waals surface area contributed by atoms with Crippen molar-refractivity contribution in [1.29, 1.82) is 0 Å². The highest BCUT2D eigenvalue weighted by Gasteiger charge is 2.29. The molecule has 0 fully saturated rings. The van der Waals surface area contributed by atoms with Crippen molar-refractivity contribution in [2.75, 3.05) is 0 Å². The second kappa shape index (κ2) is 6.58. The largest absolute Gasteiger partial charge is 0.294 e. The lowest BCUT2D eigenvalue weighted by Gasteiger charge is -2.27. The van der Waals surface area contributed by atoms with Gasteiger partial charge in [0.15, 0.2) is 5.78 Å². The maximum Gasteiger partial charge on any atom is 0.166 e. The Morgan fingerprint density at radius 3 is 1.88 bits per heavy atom. The first-order chi connectivity index (χ1) is 8.11. The van der Waals surface area contributed by atoms with Crippen LogP contribution >= 0.6 is 0 Å². The van der Waals surface area contributed by atoms with E-state index in [9.17, 15) is 4.79 Å². The molecule has 0 bridgehead atoms. The van der Waals surface area contributed by atoms with Crippen LogP contribution in [-0.2, 0) is 0 Å². The molecule has 17 heavy (non-hydrogen) atoms. The molecule has 1 rings (SSSR count). The number of carbonyl (C=O) groups excluding carboxylic acids is 1. The van der Waals surface area contributed by atoms with E-state index in [2.05, 4.69) is 27.7 Å². The van der Waals surface area contributed by atoms with Gasteiger partial charge in [-0.3, -0.25) is 4.79 Å². The summed E-state index contributed by atoms with van der Waals surface area (Å²) >= 11 is 0. The average Bonchev–Trinajstić information content (AvgIpc) is 2.39. The summed E-state index contributed by atoms with van der Waals surface area (Å²) in [6.45, 7) is 8.71. The Kier molecular flexibility index (Phi) is 5.40. The summed E-state index contributed by atoms with van der Waals surface area (Å²) in [6.07, 6.45) is 2.13. The van der Waals surface area contributed by atoms with E-state index in [0.29, 0.717) is 17.6 Å². The van der Waals surface area contributed by atoms with Gasteiger partial charge in [-0.05, 0) is 11.8 Å². The maximum absolute atomic E-state index is 12.5. The number of hydrogen-bond donors (Lipinski definition) is 0. The molecule has 2 unspecified atom stereocenters. The number of hydrogen-bond acceptors (Lipinski definition) is 1. The molecule has 2 atom stereocenters. The summed E-state index contributed by atoms with van der Waals surface area (Å²) in [4.78, 5) is 12.5. The number of benzene rings is 1. The van der Waals surface area contributed by atoms with Gasteiger partial charge < -0.3 is 0 Å². The van der Waals surface area contributed by atoms with Gasteiger partial charge in [0.2, 0.25) is 0 Å². The summed E-state index contributed by atoms with van der Waals surface area (Å²) in [7, 11) is 0. The van der Waals surface area contributed by atoms with Crippen molar-refractivity contribution in [3.63, 3.8) is 0 Å². The van der Waals surface area contributed by atoms with Gasteiger partial charge in [-0.15, -0.1) is 0 Å². The molecule has 1 heteroatoms. The van der Waals surface area contributed by atoms with Crippen LogP contribution in [0.4, 0.5) is 0 Å². The molecular weight excluding hydrogens is 208 g/mol. The van der Waals surface area contributed by atoms with Crippen LogP contribution in [0.3, 0.4) is 0 Å². The highest BCUT2D eigenvalue weighted by atomic mass is 16.1. The zero-order valence-corrected chi connectivity index (χ0v) is 11.4. The van der Waals surface area contributed by atoms with Crippen LogP contribution in [0.2, 0.25) is 0 Å². The Bertz CT molecular complexity index is 332. The third-order valence-electron chi connectivity index (χ3n) is 3.88. The van der Waals surface area contributed by atoms with E-state index < -0.39 is 0 Å². The fourth-order valence-corrected chi connectivity index (χ4v) is 2.38. The molecule has 0 aliphatic carbocycles. The Labute approximate surface area is 105 Å². The Morgan fingerprint density at radius 1 is 1.00 bits per heavy atom. The minimum Gasteiger partial charge on any atom is -0.294 e. The molecule has 94 valence electrons. The standard InChI is InChI=1S/C16H24O/c1-5-12(3)15(13(4)6-2)16(17)14-10-8-7-9-11-14/h7-13,15H,5-6H2,1-4H3. The van der Waals surface area contributed by atoms with E-state index in [1.807, 2.05) is 30.3 Å². The number of carbonyl (C=O) groups is 1. The molecule has 1 nitrogen and oxygen atoms in total. The zero-order valence-electron chi connectivity index (χ0n) is 11.4. The van der Waals surface area contributed by atoms with Crippen LogP contribution in [0.15, 0.2) is 30.3 Å². The average molecular weight is 232 g/mol. The van der Waals surface area contributed by atoms with E-state index in [1.165, 1.54) is 0 Å². The molecule has 1 aromatic rings. The van der Waals surface area contributed by atoms with Crippen molar-refractivity contribution >= 4 is 5.78 Å². The lowest BCUT2D eigenvalue weighted by molar-refractivity contribution is 0.0813. The van der Waals surface area contributed by atoms with Crippen LogP contribution < -0.4 is 0 Å². The molecule has 0 aromatic heterocycles. The van der Waals surface area contributed by atoms with Crippen molar-refractivity contribution < 1.29 is 4.79 Å². The van der Waals surface area contributed by atoms with Gasteiger partial charge in [-0.25, -0.2) is 0 Å². The molecule has 0 heterocycles. The molecular formula is C16H24O. The first-order valence-electron chi connectivity index (χ1n) is 6.71. The number of rotatable bonds is 6. The first kappa shape index (κ1) is 14.0. The highest BCUT2D eigenvalue weighted by molar-refractivity contribution is 5.98. The van der Waals surface area contributed by atoms with Crippen molar-refractivity contribution in [1.82, 2.24) is 0 Å². The second-order valence-corrected chi connectivity index (χ2v) is 5.03. The van der Waals surface area contributed by atoms with Gasteiger partial charge in [0.25, 0.3) is 0 Å². The summed E-state index contributed by atoms with van der Waals surface area (Å²) in [5, 5.41) is 0. The molecule has 0 saturated carbocycles. The fraction of sp³-hybridized carbons (Fsp3) is 0.562. The van der Waals surface area contributed by atoms with Gasteiger partial charge in [0, 0.05) is 11.5 Å². The third-order valence-corrected chi connectivity index (χ3v) is 3.88. The van der Waals surface area contributed by atoms with Crippen LogP contribution in [-0.4, -0.2) is 5.78 Å². The number of ketones is 1. The summed E-state index contributed by atoms with van der Waals surface area (Å²) in [5.74, 6) is 1.39. The maximum atomic E-state index is 12.5. The van der Waals surface area contributed by atoms with Crippen LogP contribution in [0.1, 0.15) is 50.9 Å². The first-order valence-corrected chi connectivity index (χ1v) is 6.71. The topological polar surface area (TPSA) is 17.1 Å². The summed E-state index contributed by atoms with van der Waals surface area (Å²) < 4.78 is 0. The molecule has 1 aromatic carbocycles. The van der Waals surface area contributed by atoms with E-state index >= 15 is 0 Å². The summed E-state index contributed by atoms with van der Waals surface area (Å²) in [6, 6.07) is 9.70. The highest BCUT2D eigenvalue weighted by Crippen LogP contribution is 2.29. The molecule has 0 amide bonds. The van der Waals surface area contributed by atoms with E-state index in [1.54, 1.807) is 0 Å². The molecule has 0 N–H and O–H groups in total. The third kappa shape index (κ3) is 3.42. The summed E-state index contributed by atoms with van der Waals surface area (Å²) in [5.41, 5.74) is 0.859.